The van der Waals surface area contributed by atoms with Crippen molar-refractivity contribution >= 4 is 29.0 Å². The predicted octanol–water partition coefficient (Wildman–Crippen LogP) is 5.14. The summed E-state index contributed by atoms with van der Waals surface area (Å²) < 4.78 is 6.14. The van der Waals surface area contributed by atoms with Gasteiger partial charge in [-0.3, -0.25) is 9.59 Å². The van der Waals surface area contributed by atoms with E-state index in [0.29, 0.717) is 0 Å². The highest BCUT2D eigenvalue weighted by Gasteiger charge is 2.52. The number of hydrogen-bond donors (Lipinski definition) is 2. The molecule has 0 bridgehead atoms. The molecule has 1 aromatic rings. The van der Waals surface area contributed by atoms with Gasteiger partial charge in [0, 0.05) is 24.1 Å². The van der Waals surface area contributed by atoms with Crippen LogP contribution in [-0.4, -0.2) is 50.7 Å². The van der Waals surface area contributed by atoms with Gasteiger partial charge in [0.1, 0.15) is 11.6 Å². The van der Waals surface area contributed by atoms with E-state index < -0.39 is 23.5 Å². The zero-order chi connectivity index (χ0) is 26.1. The van der Waals surface area contributed by atoms with E-state index in [2.05, 4.69) is 11.9 Å². The molecule has 196 valence electrons. The Morgan fingerprint density at radius 3 is 2.51 bits per heavy atom. The SMILES string of the molecule is C/C(=C\c1csc(C)n1)[C@H]1CC(=O)C[C@H](O)C(C)(C)C(=O)[C@H](C)[C@@H](O)[C@@H](C)CCC[C@@]2(C)OC2C1. The summed E-state index contributed by atoms with van der Waals surface area (Å²) in [4.78, 5) is 30.9. The van der Waals surface area contributed by atoms with E-state index >= 15 is 0 Å². The first-order valence-electron chi connectivity index (χ1n) is 12.9. The fraction of sp³-hybridized carbons (Fsp3) is 0.750. The highest BCUT2D eigenvalue weighted by Crippen LogP contribution is 2.46. The minimum atomic E-state index is -1.12. The molecule has 7 heteroatoms. The molecule has 2 heterocycles. The van der Waals surface area contributed by atoms with Crippen LogP contribution < -0.4 is 0 Å². The largest absolute Gasteiger partial charge is 0.392 e. The van der Waals surface area contributed by atoms with Gasteiger partial charge in [-0.1, -0.05) is 39.7 Å². The number of epoxide rings is 1. The maximum Gasteiger partial charge on any atom is 0.146 e. The van der Waals surface area contributed by atoms with Crippen LogP contribution >= 0.6 is 11.3 Å². The van der Waals surface area contributed by atoms with Crippen molar-refractivity contribution in [3.05, 3.63) is 21.7 Å². The van der Waals surface area contributed by atoms with Gasteiger partial charge in [0.15, 0.2) is 0 Å². The maximum atomic E-state index is 13.3. The number of fused-ring (bicyclic) bond motifs is 1. The summed E-state index contributed by atoms with van der Waals surface area (Å²) in [6.45, 7) is 13.2. The Bertz CT molecular complexity index is 953. The van der Waals surface area contributed by atoms with Gasteiger partial charge in [-0.05, 0) is 57.9 Å². The number of carbonyl (C=O) groups excluding carboxylic acids is 2. The topological polar surface area (TPSA) is 100 Å². The van der Waals surface area contributed by atoms with Crippen molar-refractivity contribution < 1.29 is 24.5 Å². The molecular formula is C28H43NO5S. The van der Waals surface area contributed by atoms with Crippen LogP contribution in [0.2, 0.25) is 0 Å². The molecule has 1 aliphatic heterocycles. The van der Waals surface area contributed by atoms with E-state index in [1.165, 1.54) is 0 Å². The first-order valence-corrected chi connectivity index (χ1v) is 13.8. The molecule has 2 aliphatic rings. The second-order valence-electron chi connectivity index (χ2n) is 11.7. The monoisotopic (exact) mass is 505 g/mol. The highest BCUT2D eigenvalue weighted by molar-refractivity contribution is 7.09. The van der Waals surface area contributed by atoms with Crippen molar-refractivity contribution in [3.8, 4) is 0 Å². The number of aliphatic hydroxyl groups is 2. The third-order valence-corrected chi connectivity index (χ3v) is 9.19. The van der Waals surface area contributed by atoms with Gasteiger partial charge < -0.3 is 14.9 Å². The third kappa shape index (κ3) is 6.68. The van der Waals surface area contributed by atoms with Crippen LogP contribution in [-0.2, 0) is 14.3 Å². The number of aromatic nitrogens is 1. The van der Waals surface area contributed by atoms with E-state index in [1.807, 2.05) is 32.2 Å². The van der Waals surface area contributed by atoms with E-state index in [0.717, 1.165) is 42.0 Å². The number of carbonyl (C=O) groups is 2. The lowest BCUT2D eigenvalue weighted by Crippen LogP contribution is -2.45. The van der Waals surface area contributed by atoms with Gasteiger partial charge in [0.05, 0.1) is 40.0 Å². The Hall–Kier alpha value is -1.41. The molecular weight excluding hydrogens is 462 g/mol. The number of rotatable bonds is 2. The number of aryl methyl sites for hydroxylation is 1. The molecule has 2 N–H and O–H groups in total. The van der Waals surface area contributed by atoms with Crippen molar-refractivity contribution in [1.29, 1.82) is 0 Å². The lowest BCUT2D eigenvalue weighted by Gasteiger charge is -2.34. The Morgan fingerprint density at radius 2 is 1.89 bits per heavy atom. The van der Waals surface area contributed by atoms with Crippen molar-refractivity contribution in [2.75, 3.05) is 0 Å². The molecule has 1 aromatic heterocycles. The fourth-order valence-corrected chi connectivity index (χ4v) is 6.04. The van der Waals surface area contributed by atoms with Crippen molar-refractivity contribution in [3.63, 3.8) is 0 Å². The van der Waals surface area contributed by atoms with Crippen LogP contribution in [0.15, 0.2) is 11.0 Å². The zero-order valence-corrected chi connectivity index (χ0v) is 23.2. The summed E-state index contributed by atoms with van der Waals surface area (Å²) in [6.07, 6.45) is 3.77. The maximum absolute atomic E-state index is 13.3. The van der Waals surface area contributed by atoms with Gasteiger partial charge in [0.25, 0.3) is 0 Å². The van der Waals surface area contributed by atoms with Crippen LogP contribution in [0.5, 0.6) is 0 Å². The standard InChI is InChI=1S/C28H43NO5S/c1-16-9-8-10-28(7)24(34-28)13-20(17(2)11-21-15-35-19(4)29-21)12-22(30)14-23(31)27(5,6)26(33)18(3)25(16)32/h11,15-16,18,20,23-25,31-32H,8-10,12-14H2,1-7H3/b17-11+/t16-,18+,20-,23-,24?,25-,28+/m0/s1. The molecule has 1 aliphatic carbocycles. The van der Waals surface area contributed by atoms with Crippen molar-refractivity contribution in [2.24, 2.45) is 23.2 Å². The fourth-order valence-electron chi connectivity index (χ4n) is 5.47. The van der Waals surface area contributed by atoms with Crippen LogP contribution in [0.25, 0.3) is 6.08 Å². The number of thiazole rings is 1. The molecule has 1 unspecified atom stereocenters. The summed E-state index contributed by atoms with van der Waals surface area (Å²) in [7, 11) is 0. The Labute approximate surface area is 214 Å². The zero-order valence-electron chi connectivity index (χ0n) is 22.3. The molecule has 0 radical (unpaired) electrons. The van der Waals surface area contributed by atoms with E-state index in [4.69, 9.17) is 4.74 Å². The Kier molecular flexibility index (Phi) is 8.78. The lowest BCUT2D eigenvalue weighted by atomic mass is 9.72. The number of nitrogens with zero attached hydrogens (tertiary/aromatic N) is 1. The molecule has 0 amide bonds. The normalized spacial score (nSPS) is 37.7. The minimum absolute atomic E-state index is 0.0186. The van der Waals surface area contributed by atoms with Gasteiger partial charge in [-0.25, -0.2) is 4.98 Å². The van der Waals surface area contributed by atoms with Gasteiger partial charge in [-0.2, -0.15) is 0 Å². The summed E-state index contributed by atoms with van der Waals surface area (Å²) in [5, 5.41) is 24.8. The average Bonchev–Trinajstić information content (AvgIpc) is 3.22. The number of aliphatic hydroxyl groups excluding tert-OH is 2. The molecule has 6 nitrogen and oxygen atoms in total. The van der Waals surface area contributed by atoms with Gasteiger partial charge in [0.2, 0.25) is 0 Å². The van der Waals surface area contributed by atoms with Crippen LogP contribution in [0.3, 0.4) is 0 Å². The molecule has 0 aromatic carbocycles. The molecule has 1 saturated heterocycles. The van der Waals surface area contributed by atoms with E-state index in [1.54, 1.807) is 32.1 Å². The smallest absolute Gasteiger partial charge is 0.146 e. The summed E-state index contributed by atoms with van der Waals surface area (Å²) in [5.74, 6) is -0.945. The average molecular weight is 506 g/mol. The highest BCUT2D eigenvalue weighted by atomic mass is 32.1. The van der Waals surface area contributed by atoms with Gasteiger partial charge in [-0.15, -0.1) is 11.3 Å². The molecule has 3 rings (SSSR count). The number of allylic oxidation sites excluding steroid dienone is 1. The Balaban J connectivity index is 1.85. The van der Waals surface area contributed by atoms with Crippen LogP contribution in [0, 0.1) is 30.1 Å². The summed E-state index contributed by atoms with van der Waals surface area (Å²) in [5.41, 5.74) is 0.641. The van der Waals surface area contributed by atoms with Crippen LogP contribution in [0.1, 0.15) is 90.8 Å². The lowest BCUT2D eigenvalue weighted by molar-refractivity contribution is -0.143. The van der Waals surface area contributed by atoms with E-state index in [9.17, 15) is 19.8 Å². The number of ether oxygens (including phenoxy) is 1. The molecule has 0 spiro atoms. The molecule has 2 fully saturated rings. The second kappa shape index (κ2) is 10.9. The van der Waals surface area contributed by atoms with Crippen LogP contribution in [0.4, 0.5) is 0 Å². The number of hydrogen-bond acceptors (Lipinski definition) is 7. The Morgan fingerprint density at radius 1 is 1.20 bits per heavy atom. The molecule has 35 heavy (non-hydrogen) atoms. The van der Waals surface area contributed by atoms with Gasteiger partial charge >= 0.3 is 0 Å². The van der Waals surface area contributed by atoms with Crippen molar-refractivity contribution in [2.45, 2.75) is 111 Å². The predicted molar refractivity (Wildman–Crippen MR) is 139 cm³/mol. The number of ketones is 2. The third-order valence-electron chi connectivity index (χ3n) is 8.39. The quantitative estimate of drug-likeness (QED) is 0.540. The second-order valence-corrected chi connectivity index (χ2v) is 12.8. The summed E-state index contributed by atoms with van der Waals surface area (Å²) in [6, 6.07) is 0. The van der Waals surface area contributed by atoms with Crippen molar-refractivity contribution in [1.82, 2.24) is 4.98 Å². The molecule has 1 saturated carbocycles. The number of Topliss-reactive ketones (excluding diaryl/α,β-unsaturated/α-hetero) is 2. The molecule has 7 atom stereocenters. The summed E-state index contributed by atoms with van der Waals surface area (Å²) >= 11 is 1.60. The first-order chi connectivity index (χ1) is 16.2. The van der Waals surface area contributed by atoms with E-state index in [-0.39, 0.29) is 47.9 Å². The first kappa shape index (κ1) is 28.2. The minimum Gasteiger partial charge on any atom is -0.392 e.